The van der Waals surface area contributed by atoms with Crippen LogP contribution in [0.2, 0.25) is 0 Å². The largest absolute Gasteiger partial charge is 0.340 e. The number of aromatic nitrogens is 5. The number of pyridine rings is 1. The molecule has 1 fully saturated rings. The van der Waals surface area contributed by atoms with Gasteiger partial charge in [-0.3, -0.25) is 4.79 Å². The van der Waals surface area contributed by atoms with Crippen LogP contribution in [-0.2, 0) is 0 Å². The molecule has 0 radical (unpaired) electrons. The maximum atomic E-state index is 13.0. The first-order valence-corrected chi connectivity index (χ1v) is 8.49. The second kappa shape index (κ2) is 5.94. The first-order chi connectivity index (χ1) is 12.0. The van der Waals surface area contributed by atoms with Gasteiger partial charge in [-0.1, -0.05) is 5.16 Å². The van der Waals surface area contributed by atoms with Crippen molar-refractivity contribution in [2.24, 2.45) is 0 Å². The Kier molecular flexibility index (Phi) is 3.74. The van der Waals surface area contributed by atoms with Crippen LogP contribution >= 0.6 is 0 Å². The molecule has 1 atom stereocenters. The van der Waals surface area contributed by atoms with Crippen LogP contribution in [0.1, 0.15) is 60.8 Å². The Labute approximate surface area is 144 Å². The van der Waals surface area contributed by atoms with Gasteiger partial charge in [0.25, 0.3) is 5.91 Å². The number of carbonyl (C=O) groups is 1. The van der Waals surface area contributed by atoms with E-state index in [1.54, 1.807) is 24.2 Å². The zero-order valence-electron chi connectivity index (χ0n) is 14.5. The smallest absolute Gasteiger partial charge is 0.256 e. The lowest BCUT2D eigenvalue weighted by molar-refractivity contribution is 0.0728. The van der Waals surface area contributed by atoms with Crippen LogP contribution in [0.5, 0.6) is 0 Å². The van der Waals surface area contributed by atoms with Crippen molar-refractivity contribution in [2.75, 3.05) is 6.54 Å². The van der Waals surface area contributed by atoms with Crippen LogP contribution in [0.3, 0.4) is 0 Å². The Bertz CT molecular complexity index is 928. The van der Waals surface area contributed by atoms with Gasteiger partial charge in [-0.15, -0.1) is 0 Å². The Morgan fingerprint density at radius 3 is 2.92 bits per heavy atom. The predicted octanol–water partition coefficient (Wildman–Crippen LogP) is 2.68. The van der Waals surface area contributed by atoms with Crippen molar-refractivity contribution in [3.05, 3.63) is 35.7 Å². The maximum Gasteiger partial charge on any atom is 0.256 e. The summed E-state index contributed by atoms with van der Waals surface area (Å²) in [6.45, 7) is 6.53. The van der Waals surface area contributed by atoms with Crippen molar-refractivity contribution < 1.29 is 9.32 Å². The molecule has 4 rings (SSSR count). The number of hydrogen-bond acceptors (Lipinski definition) is 6. The van der Waals surface area contributed by atoms with Crippen molar-refractivity contribution in [2.45, 2.75) is 45.7 Å². The van der Waals surface area contributed by atoms with E-state index >= 15 is 0 Å². The van der Waals surface area contributed by atoms with E-state index < -0.39 is 0 Å². The number of rotatable bonds is 3. The lowest BCUT2D eigenvalue weighted by atomic mass is 10.1. The van der Waals surface area contributed by atoms with Crippen LogP contribution in [0.15, 0.2) is 23.0 Å². The second-order valence-electron chi connectivity index (χ2n) is 6.65. The molecule has 8 nitrogen and oxygen atoms in total. The van der Waals surface area contributed by atoms with Crippen LogP contribution in [0, 0.1) is 6.92 Å². The van der Waals surface area contributed by atoms with E-state index in [0.29, 0.717) is 23.8 Å². The third-order valence-electron chi connectivity index (χ3n) is 4.52. The molecule has 1 amide bonds. The predicted molar refractivity (Wildman–Crippen MR) is 90.0 cm³/mol. The fraction of sp³-hybridized carbons (Fsp3) is 0.471. The van der Waals surface area contributed by atoms with Gasteiger partial charge in [-0.05, 0) is 32.8 Å². The molecule has 25 heavy (non-hydrogen) atoms. The lowest BCUT2D eigenvalue weighted by Gasteiger charge is -2.22. The quantitative estimate of drug-likeness (QED) is 0.728. The van der Waals surface area contributed by atoms with E-state index in [9.17, 15) is 4.79 Å². The van der Waals surface area contributed by atoms with Crippen molar-refractivity contribution in [3.63, 3.8) is 0 Å². The minimum atomic E-state index is -0.140. The van der Waals surface area contributed by atoms with Crippen molar-refractivity contribution in [3.8, 4) is 0 Å². The molecule has 0 aromatic carbocycles. The molecule has 0 spiro atoms. The molecular formula is C17H20N6O2. The number of likely N-dealkylation sites (tertiary alicyclic amines) is 1. The highest BCUT2D eigenvalue weighted by molar-refractivity contribution is 5.97. The van der Waals surface area contributed by atoms with Crippen molar-refractivity contribution in [1.82, 2.24) is 29.8 Å². The second-order valence-corrected chi connectivity index (χ2v) is 6.65. The van der Waals surface area contributed by atoms with Gasteiger partial charge >= 0.3 is 0 Å². The number of hydrogen-bond donors (Lipinski definition) is 0. The molecule has 1 aliphatic heterocycles. The SMILES string of the molecule is Cc1nc([C@@H]2CCCN2C(=O)c2cnc3c(cnn3C(C)C)c2)no1. The van der Waals surface area contributed by atoms with E-state index in [-0.39, 0.29) is 18.0 Å². The topological polar surface area (TPSA) is 89.9 Å². The number of nitrogens with zero attached hydrogens (tertiary/aromatic N) is 6. The number of fused-ring (bicyclic) bond motifs is 1. The highest BCUT2D eigenvalue weighted by atomic mass is 16.5. The molecule has 8 heteroatoms. The normalized spacial score (nSPS) is 17.8. The minimum absolute atomic E-state index is 0.0587. The molecule has 0 N–H and O–H groups in total. The zero-order valence-corrected chi connectivity index (χ0v) is 14.5. The van der Waals surface area contributed by atoms with Gasteiger partial charge in [-0.2, -0.15) is 10.1 Å². The summed E-state index contributed by atoms with van der Waals surface area (Å²) in [5.74, 6) is 1.03. The van der Waals surface area contributed by atoms with Gasteiger partial charge in [0.15, 0.2) is 11.5 Å². The van der Waals surface area contributed by atoms with E-state index in [0.717, 1.165) is 23.9 Å². The third kappa shape index (κ3) is 2.67. The van der Waals surface area contributed by atoms with E-state index in [4.69, 9.17) is 4.52 Å². The van der Waals surface area contributed by atoms with Crippen molar-refractivity contribution in [1.29, 1.82) is 0 Å². The standard InChI is InChI=1S/C17H20N6O2/c1-10(2)23-16-12(9-19-23)7-13(8-18-16)17(24)22-6-4-5-14(22)15-20-11(3)25-21-15/h7-10,14H,4-6H2,1-3H3/t14-/m0/s1. The average Bonchev–Trinajstić information content (AvgIpc) is 3.31. The fourth-order valence-corrected chi connectivity index (χ4v) is 3.33. The van der Waals surface area contributed by atoms with Gasteiger partial charge in [-0.25, -0.2) is 9.67 Å². The molecule has 0 saturated carbocycles. The Balaban J connectivity index is 1.64. The zero-order chi connectivity index (χ0) is 17.6. The molecule has 3 aromatic rings. The van der Waals surface area contributed by atoms with Crippen LogP contribution < -0.4 is 0 Å². The summed E-state index contributed by atoms with van der Waals surface area (Å²) in [6.07, 6.45) is 5.14. The summed E-state index contributed by atoms with van der Waals surface area (Å²) in [6, 6.07) is 1.93. The lowest BCUT2D eigenvalue weighted by Crippen LogP contribution is -2.31. The van der Waals surface area contributed by atoms with Crippen molar-refractivity contribution >= 4 is 16.9 Å². The highest BCUT2D eigenvalue weighted by Gasteiger charge is 2.34. The summed E-state index contributed by atoms with van der Waals surface area (Å²) in [5.41, 5.74) is 1.35. The first-order valence-electron chi connectivity index (χ1n) is 8.49. The van der Waals surface area contributed by atoms with E-state index in [1.165, 1.54) is 0 Å². The van der Waals surface area contributed by atoms with E-state index in [1.807, 2.05) is 10.7 Å². The molecule has 1 aliphatic rings. The maximum absolute atomic E-state index is 13.0. The van der Waals surface area contributed by atoms with Gasteiger partial charge < -0.3 is 9.42 Å². The summed E-state index contributed by atoms with van der Waals surface area (Å²) in [5, 5.41) is 9.21. The molecule has 130 valence electrons. The Morgan fingerprint density at radius 1 is 1.36 bits per heavy atom. The molecule has 0 unspecified atom stereocenters. The molecule has 0 bridgehead atoms. The summed E-state index contributed by atoms with van der Waals surface area (Å²) in [4.78, 5) is 23.6. The molecular weight excluding hydrogens is 320 g/mol. The van der Waals surface area contributed by atoms with Gasteiger partial charge in [0.05, 0.1) is 17.8 Å². The molecule has 3 aromatic heterocycles. The fourth-order valence-electron chi connectivity index (χ4n) is 3.33. The summed E-state index contributed by atoms with van der Waals surface area (Å²) >= 11 is 0. The van der Waals surface area contributed by atoms with E-state index in [2.05, 4.69) is 34.1 Å². The minimum Gasteiger partial charge on any atom is -0.340 e. The van der Waals surface area contributed by atoms with Crippen LogP contribution in [0.4, 0.5) is 0 Å². The first kappa shape index (κ1) is 15.7. The highest BCUT2D eigenvalue weighted by Crippen LogP contribution is 2.31. The summed E-state index contributed by atoms with van der Waals surface area (Å²) < 4.78 is 6.92. The molecule has 1 saturated heterocycles. The third-order valence-corrected chi connectivity index (χ3v) is 4.52. The monoisotopic (exact) mass is 340 g/mol. The van der Waals surface area contributed by atoms with Crippen LogP contribution in [0.25, 0.3) is 11.0 Å². The van der Waals surface area contributed by atoms with Crippen LogP contribution in [-0.4, -0.2) is 42.3 Å². The Morgan fingerprint density at radius 2 is 2.20 bits per heavy atom. The molecule has 4 heterocycles. The summed E-state index contributed by atoms with van der Waals surface area (Å²) in [7, 11) is 0. The number of carbonyl (C=O) groups excluding carboxylic acids is 1. The van der Waals surface area contributed by atoms with Gasteiger partial charge in [0, 0.05) is 31.1 Å². The average molecular weight is 340 g/mol. The van der Waals surface area contributed by atoms with Gasteiger partial charge in [0.1, 0.15) is 0 Å². The molecule has 0 aliphatic carbocycles. The van der Waals surface area contributed by atoms with Gasteiger partial charge in [0.2, 0.25) is 5.89 Å². The number of aryl methyl sites for hydroxylation is 1. The number of amides is 1. The Hall–Kier alpha value is -2.77.